The van der Waals surface area contributed by atoms with E-state index in [-0.39, 0.29) is 30.4 Å². The second kappa shape index (κ2) is 6.20. The van der Waals surface area contributed by atoms with Gasteiger partial charge >= 0.3 is 6.03 Å². The SMILES string of the molecule is CCC(C)C1C(=O)Nc2ccccc2N1C(=O)N1CC(CO)C1. The van der Waals surface area contributed by atoms with Crippen molar-refractivity contribution in [1.29, 1.82) is 0 Å². The van der Waals surface area contributed by atoms with Gasteiger partial charge in [0.2, 0.25) is 5.91 Å². The van der Waals surface area contributed by atoms with E-state index in [1.165, 1.54) is 0 Å². The number of carbonyl (C=O) groups excluding carboxylic acids is 2. The molecule has 0 aromatic heterocycles. The van der Waals surface area contributed by atoms with E-state index in [0.717, 1.165) is 12.1 Å². The topological polar surface area (TPSA) is 72.9 Å². The van der Waals surface area contributed by atoms with Crippen molar-refractivity contribution < 1.29 is 14.7 Å². The molecule has 1 aromatic rings. The molecule has 0 aliphatic carbocycles. The second-order valence-electron chi connectivity index (χ2n) is 6.44. The lowest BCUT2D eigenvalue weighted by Crippen LogP contribution is -2.62. The summed E-state index contributed by atoms with van der Waals surface area (Å²) in [5, 5.41) is 12.1. The van der Waals surface area contributed by atoms with Crippen LogP contribution < -0.4 is 10.2 Å². The fourth-order valence-electron chi connectivity index (χ4n) is 3.22. The molecule has 2 aliphatic heterocycles. The van der Waals surface area contributed by atoms with Crippen LogP contribution in [0.4, 0.5) is 16.2 Å². The van der Waals surface area contributed by atoms with Gasteiger partial charge in [0.05, 0.1) is 11.4 Å². The van der Waals surface area contributed by atoms with Crippen LogP contribution in [-0.4, -0.2) is 47.7 Å². The Labute approximate surface area is 136 Å². The minimum Gasteiger partial charge on any atom is -0.396 e. The van der Waals surface area contributed by atoms with Gasteiger partial charge in [0.25, 0.3) is 0 Å². The third-order valence-corrected chi connectivity index (χ3v) is 4.84. The summed E-state index contributed by atoms with van der Waals surface area (Å²) in [7, 11) is 0. The van der Waals surface area contributed by atoms with Gasteiger partial charge < -0.3 is 15.3 Å². The zero-order valence-corrected chi connectivity index (χ0v) is 13.5. The number of benzene rings is 1. The number of carbonyl (C=O) groups is 2. The fourth-order valence-corrected chi connectivity index (χ4v) is 3.22. The molecule has 1 fully saturated rings. The Morgan fingerprint density at radius 1 is 1.39 bits per heavy atom. The summed E-state index contributed by atoms with van der Waals surface area (Å²) in [6.45, 7) is 5.19. The van der Waals surface area contributed by atoms with Crippen molar-refractivity contribution in [3.63, 3.8) is 0 Å². The van der Waals surface area contributed by atoms with E-state index < -0.39 is 6.04 Å². The molecular formula is C17H23N3O3. The summed E-state index contributed by atoms with van der Waals surface area (Å²) in [5.74, 6) is 0.0720. The van der Waals surface area contributed by atoms with Crippen LogP contribution in [0.1, 0.15) is 20.3 Å². The molecular weight excluding hydrogens is 294 g/mol. The number of likely N-dealkylation sites (tertiary alicyclic amines) is 1. The maximum atomic E-state index is 13.0. The van der Waals surface area contributed by atoms with Crippen molar-refractivity contribution in [2.45, 2.75) is 26.3 Å². The molecule has 1 saturated heterocycles. The van der Waals surface area contributed by atoms with Crippen LogP contribution in [0.15, 0.2) is 24.3 Å². The molecule has 3 rings (SSSR count). The van der Waals surface area contributed by atoms with E-state index in [2.05, 4.69) is 5.32 Å². The second-order valence-corrected chi connectivity index (χ2v) is 6.44. The van der Waals surface area contributed by atoms with Gasteiger partial charge in [-0.15, -0.1) is 0 Å². The monoisotopic (exact) mass is 317 g/mol. The number of hydrogen-bond acceptors (Lipinski definition) is 3. The predicted octanol–water partition coefficient (Wildman–Crippen LogP) is 1.90. The van der Waals surface area contributed by atoms with Crippen LogP contribution in [0.25, 0.3) is 0 Å². The lowest BCUT2D eigenvalue weighted by Gasteiger charge is -2.45. The molecule has 2 heterocycles. The minimum absolute atomic E-state index is 0.0576. The average Bonchev–Trinajstić information content (AvgIpc) is 2.51. The smallest absolute Gasteiger partial charge is 0.325 e. The van der Waals surface area contributed by atoms with E-state index in [4.69, 9.17) is 5.11 Å². The number of nitrogens with zero attached hydrogens (tertiary/aromatic N) is 2. The molecule has 124 valence electrons. The molecule has 1 aromatic carbocycles. The number of aliphatic hydroxyl groups excluding tert-OH is 1. The van der Waals surface area contributed by atoms with Crippen molar-refractivity contribution in [1.82, 2.24) is 4.90 Å². The molecule has 0 spiro atoms. The summed E-state index contributed by atoms with van der Waals surface area (Å²) in [4.78, 5) is 28.9. The molecule has 2 atom stereocenters. The summed E-state index contributed by atoms with van der Waals surface area (Å²) in [5.41, 5.74) is 1.42. The maximum absolute atomic E-state index is 13.0. The van der Waals surface area contributed by atoms with Gasteiger partial charge in [0.1, 0.15) is 6.04 Å². The van der Waals surface area contributed by atoms with Gasteiger partial charge in [-0.1, -0.05) is 32.4 Å². The number of rotatable bonds is 3. The van der Waals surface area contributed by atoms with Crippen molar-refractivity contribution in [2.75, 3.05) is 29.9 Å². The van der Waals surface area contributed by atoms with E-state index >= 15 is 0 Å². The highest BCUT2D eigenvalue weighted by molar-refractivity contribution is 6.11. The first kappa shape index (κ1) is 15.8. The quantitative estimate of drug-likeness (QED) is 0.894. The van der Waals surface area contributed by atoms with Gasteiger partial charge in [0, 0.05) is 25.6 Å². The van der Waals surface area contributed by atoms with Crippen LogP contribution in [0.3, 0.4) is 0 Å². The Kier molecular flexibility index (Phi) is 4.26. The molecule has 2 N–H and O–H groups in total. The zero-order valence-electron chi connectivity index (χ0n) is 13.5. The summed E-state index contributed by atoms with van der Waals surface area (Å²) >= 11 is 0. The van der Waals surface area contributed by atoms with Gasteiger partial charge in [0.15, 0.2) is 0 Å². The first-order valence-electron chi connectivity index (χ1n) is 8.15. The molecule has 3 amide bonds. The van der Waals surface area contributed by atoms with Crippen LogP contribution in [0.5, 0.6) is 0 Å². The highest BCUT2D eigenvalue weighted by Gasteiger charge is 2.43. The molecule has 0 bridgehead atoms. The Hall–Kier alpha value is -2.08. The number of fused-ring (bicyclic) bond motifs is 1. The molecule has 6 nitrogen and oxygen atoms in total. The molecule has 0 radical (unpaired) electrons. The lowest BCUT2D eigenvalue weighted by molar-refractivity contribution is -0.118. The summed E-state index contributed by atoms with van der Waals surface area (Å²) in [6, 6.07) is 6.74. The third-order valence-electron chi connectivity index (χ3n) is 4.84. The highest BCUT2D eigenvalue weighted by atomic mass is 16.3. The normalized spacial score (nSPS) is 22.2. The Bertz CT molecular complexity index is 613. The van der Waals surface area contributed by atoms with Crippen LogP contribution in [0.2, 0.25) is 0 Å². The van der Waals surface area contributed by atoms with Gasteiger partial charge in [-0.25, -0.2) is 4.79 Å². The fraction of sp³-hybridized carbons (Fsp3) is 0.529. The van der Waals surface area contributed by atoms with E-state index in [9.17, 15) is 9.59 Å². The van der Waals surface area contributed by atoms with E-state index in [1.54, 1.807) is 9.80 Å². The van der Waals surface area contributed by atoms with Gasteiger partial charge in [-0.05, 0) is 18.1 Å². The lowest BCUT2D eigenvalue weighted by atomic mass is 9.93. The van der Waals surface area contributed by atoms with Gasteiger partial charge in [-0.3, -0.25) is 9.69 Å². The largest absolute Gasteiger partial charge is 0.396 e. The highest BCUT2D eigenvalue weighted by Crippen LogP contribution is 2.36. The molecule has 2 aliphatic rings. The number of amides is 3. The number of hydrogen-bond donors (Lipinski definition) is 2. The molecule has 2 unspecified atom stereocenters. The Morgan fingerprint density at radius 2 is 2.09 bits per heavy atom. The number of para-hydroxylation sites is 2. The minimum atomic E-state index is -0.504. The van der Waals surface area contributed by atoms with E-state index in [0.29, 0.717) is 18.8 Å². The van der Waals surface area contributed by atoms with Crippen LogP contribution >= 0.6 is 0 Å². The van der Waals surface area contributed by atoms with Crippen molar-refractivity contribution in [3.8, 4) is 0 Å². The van der Waals surface area contributed by atoms with Crippen molar-refractivity contribution in [3.05, 3.63) is 24.3 Å². The number of aliphatic hydroxyl groups is 1. The first-order chi connectivity index (χ1) is 11.1. The number of anilines is 2. The average molecular weight is 317 g/mol. The van der Waals surface area contributed by atoms with Gasteiger partial charge in [-0.2, -0.15) is 0 Å². The zero-order chi connectivity index (χ0) is 16.6. The van der Waals surface area contributed by atoms with Crippen LogP contribution in [0, 0.1) is 11.8 Å². The number of urea groups is 1. The van der Waals surface area contributed by atoms with E-state index in [1.807, 2.05) is 38.1 Å². The molecule has 6 heteroatoms. The molecule has 0 saturated carbocycles. The third kappa shape index (κ3) is 2.67. The maximum Gasteiger partial charge on any atom is 0.325 e. The van der Waals surface area contributed by atoms with Crippen LogP contribution in [-0.2, 0) is 4.79 Å². The summed E-state index contributed by atoms with van der Waals surface area (Å²) < 4.78 is 0. The predicted molar refractivity (Wildman–Crippen MR) is 88.3 cm³/mol. The first-order valence-corrected chi connectivity index (χ1v) is 8.15. The standard InChI is InChI=1S/C17H23N3O3/c1-3-11(2)15-16(22)18-13-6-4-5-7-14(13)20(15)17(23)19-8-12(9-19)10-21/h4-7,11-12,15,21H,3,8-10H2,1-2H3,(H,18,22). The number of nitrogens with one attached hydrogen (secondary N) is 1. The van der Waals surface area contributed by atoms with Crippen molar-refractivity contribution >= 4 is 23.3 Å². The Balaban J connectivity index is 1.94. The summed E-state index contributed by atoms with van der Waals surface area (Å²) in [6.07, 6.45) is 0.809. The van der Waals surface area contributed by atoms with Crippen molar-refractivity contribution in [2.24, 2.45) is 11.8 Å². The molecule has 23 heavy (non-hydrogen) atoms. The Morgan fingerprint density at radius 3 is 2.74 bits per heavy atom.